The number of halogens is 1. The van der Waals surface area contributed by atoms with E-state index in [9.17, 15) is 18.0 Å². The average molecular weight is 676 g/mol. The van der Waals surface area contributed by atoms with Crippen LogP contribution in [0.3, 0.4) is 0 Å². The molecule has 0 saturated heterocycles. The number of rotatable bonds is 14. The number of carbonyl (C=O) groups excluding carboxylic acids is 2. The summed E-state index contributed by atoms with van der Waals surface area (Å²) >= 11 is 6.46. The normalized spacial score (nSPS) is 12.6. The van der Waals surface area contributed by atoms with Crippen LogP contribution in [0, 0.1) is 13.8 Å². The van der Waals surface area contributed by atoms with Crippen molar-refractivity contribution in [1.82, 2.24) is 10.2 Å². The predicted molar refractivity (Wildman–Crippen MR) is 187 cm³/mol. The molecule has 0 bridgehead atoms. The van der Waals surface area contributed by atoms with Gasteiger partial charge in [0.15, 0.2) is 0 Å². The quantitative estimate of drug-likeness (QED) is 0.160. The molecular weight excluding hydrogens is 634 g/mol. The van der Waals surface area contributed by atoms with E-state index in [1.165, 1.54) is 30.2 Å². The van der Waals surface area contributed by atoms with Crippen LogP contribution >= 0.6 is 11.6 Å². The Labute approximate surface area is 283 Å². The molecule has 0 radical (unpaired) electrons. The van der Waals surface area contributed by atoms with Crippen LogP contribution in [0.1, 0.15) is 42.5 Å². The molecule has 4 aromatic carbocycles. The number of carbonyl (C=O) groups is 2. The summed E-state index contributed by atoms with van der Waals surface area (Å²) in [5.41, 5.74) is 3.75. The van der Waals surface area contributed by atoms with Gasteiger partial charge in [-0.1, -0.05) is 96.4 Å². The van der Waals surface area contributed by atoms with Gasteiger partial charge >= 0.3 is 0 Å². The van der Waals surface area contributed by atoms with Gasteiger partial charge in [-0.05, 0) is 68.7 Å². The van der Waals surface area contributed by atoms with Crippen molar-refractivity contribution in [2.24, 2.45) is 0 Å². The first-order valence-corrected chi connectivity index (χ1v) is 17.4. The maximum atomic E-state index is 14.6. The predicted octanol–water partition coefficient (Wildman–Crippen LogP) is 6.72. The fourth-order valence-corrected chi connectivity index (χ4v) is 6.84. The molecule has 0 aliphatic carbocycles. The molecule has 10 heteroatoms. The number of sulfonamides is 1. The maximum Gasteiger partial charge on any atom is 0.264 e. The smallest absolute Gasteiger partial charge is 0.264 e. The van der Waals surface area contributed by atoms with E-state index in [1.54, 1.807) is 24.3 Å². The third kappa shape index (κ3) is 9.14. The Balaban J connectivity index is 1.83. The lowest BCUT2D eigenvalue weighted by molar-refractivity contribution is -0.140. The molecule has 248 valence electrons. The van der Waals surface area contributed by atoms with Crippen molar-refractivity contribution in [3.63, 3.8) is 0 Å². The van der Waals surface area contributed by atoms with E-state index in [1.807, 2.05) is 82.3 Å². The molecule has 4 aromatic rings. The lowest BCUT2D eigenvalue weighted by atomic mass is 10.0. The van der Waals surface area contributed by atoms with Crippen LogP contribution in [-0.4, -0.2) is 50.9 Å². The molecule has 1 N–H and O–H groups in total. The molecule has 0 aliphatic rings. The summed E-state index contributed by atoms with van der Waals surface area (Å²) in [5, 5.41) is 3.24. The summed E-state index contributed by atoms with van der Waals surface area (Å²) in [7, 11) is -2.79. The Morgan fingerprint density at radius 1 is 0.872 bits per heavy atom. The van der Waals surface area contributed by atoms with E-state index < -0.39 is 28.5 Å². The lowest BCUT2D eigenvalue weighted by Gasteiger charge is -2.34. The van der Waals surface area contributed by atoms with E-state index >= 15 is 0 Å². The van der Waals surface area contributed by atoms with Gasteiger partial charge in [-0.3, -0.25) is 13.9 Å². The Kier molecular flexibility index (Phi) is 12.1. The van der Waals surface area contributed by atoms with Gasteiger partial charge in [0.05, 0.1) is 22.7 Å². The molecule has 2 amide bonds. The van der Waals surface area contributed by atoms with E-state index in [0.29, 0.717) is 12.2 Å². The van der Waals surface area contributed by atoms with Gasteiger partial charge in [-0.2, -0.15) is 0 Å². The number of amides is 2. The molecule has 0 fully saturated rings. The van der Waals surface area contributed by atoms with Crippen molar-refractivity contribution in [2.45, 2.75) is 64.1 Å². The van der Waals surface area contributed by atoms with Crippen LogP contribution in [0.15, 0.2) is 102 Å². The second-order valence-corrected chi connectivity index (χ2v) is 13.9. The largest absolute Gasteiger partial charge is 0.495 e. The highest BCUT2D eigenvalue weighted by Crippen LogP contribution is 2.32. The number of methoxy groups -OCH3 is 1. The highest BCUT2D eigenvalue weighted by molar-refractivity contribution is 7.92. The lowest BCUT2D eigenvalue weighted by Crippen LogP contribution is -2.54. The third-order valence-corrected chi connectivity index (χ3v) is 10.1. The van der Waals surface area contributed by atoms with Crippen LogP contribution in [0.25, 0.3) is 0 Å². The Bertz CT molecular complexity index is 1780. The van der Waals surface area contributed by atoms with Gasteiger partial charge in [0.2, 0.25) is 11.8 Å². The van der Waals surface area contributed by atoms with Gasteiger partial charge in [0.1, 0.15) is 18.3 Å². The SMILES string of the molecule is CC[C@H](C)NC(=O)[C@@H](Cc1ccccc1)N(Cc1cccc(C)c1)C(=O)CN(c1ccc(OC)c(Cl)c1)S(=O)(=O)c1ccc(C)cc1. The highest BCUT2D eigenvalue weighted by atomic mass is 35.5. The summed E-state index contributed by atoms with van der Waals surface area (Å²) < 4.78 is 34.8. The van der Waals surface area contributed by atoms with E-state index in [-0.39, 0.29) is 40.5 Å². The minimum atomic E-state index is -4.26. The van der Waals surface area contributed by atoms with E-state index in [0.717, 1.165) is 26.6 Å². The van der Waals surface area contributed by atoms with Crippen LogP contribution in [-0.2, 0) is 32.6 Å². The molecule has 0 heterocycles. The van der Waals surface area contributed by atoms with Crippen LogP contribution in [0.5, 0.6) is 5.75 Å². The fraction of sp³-hybridized carbons (Fsp3) is 0.297. The summed E-state index contributed by atoms with van der Waals surface area (Å²) in [6.45, 7) is 7.21. The molecule has 0 spiro atoms. The number of nitrogens with zero attached hydrogens (tertiary/aromatic N) is 2. The standard InChI is InChI=1S/C37H42ClN3O5S/c1-6-28(4)39-37(43)34(22-29-12-8-7-9-13-29)40(24-30-14-10-11-27(3)21-30)36(42)25-41(31-17-20-35(46-5)33(38)23-31)47(44,45)32-18-15-26(2)16-19-32/h7-21,23,28,34H,6,22,24-25H2,1-5H3,(H,39,43)/t28-,34+/m0/s1. The van der Waals surface area contributed by atoms with Crippen molar-refractivity contribution in [3.8, 4) is 5.75 Å². The first-order valence-electron chi connectivity index (χ1n) is 15.5. The van der Waals surface area contributed by atoms with Gasteiger partial charge in [0, 0.05) is 19.0 Å². The molecule has 0 aromatic heterocycles. The van der Waals surface area contributed by atoms with Crippen molar-refractivity contribution in [2.75, 3.05) is 18.0 Å². The van der Waals surface area contributed by atoms with Gasteiger partial charge in [-0.15, -0.1) is 0 Å². The molecule has 8 nitrogen and oxygen atoms in total. The number of benzene rings is 4. The number of anilines is 1. The summed E-state index contributed by atoms with van der Waals surface area (Å²) in [6, 6.07) is 27.1. The number of hydrogen-bond donors (Lipinski definition) is 1. The average Bonchev–Trinajstić information content (AvgIpc) is 3.05. The second-order valence-electron chi connectivity index (χ2n) is 11.7. The molecular formula is C37H42ClN3O5S. The maximum absolute atomic E-state index is 14.6. The number of hydrogen-bond acceptors (Lipinski definition) is 5. The first-order chi connectivity index (χ1) is 22.4. The number of nitrogens with one attached hydrogen (secondary N) is 1. The van der Waals surface area contributed by atoms with Crippen LogP contribution in [0.2, 0.25) is 5.02 Å². The minimum absolute atomic E-state index is 0.0171. The molecule has 0 aliphatic heterocycles. The van der Waals surface area contributed by atoms with E-state index in [2.05, 4.69) is 5.32 Å². The number of ether oxygens (including phenoxy) is 1. The monoisotopic (exact) mass is 675 g/mol. The van der Waals surface area contributed by atoms with E-state index in [4.69, 9.17) is 16.3 Å². The van der Waals surface area contributed by atoms with Crippen molar-refractivity contribution in [1.29, 1.82) is 0 Å². The molecule has 4 rings (SSSR count). The first kappa shape index (κ1) is 35.5. The summed E-state index contributed by atoms with van der Waals surface area (Å²) in [6.07, 6.45) is 0.941. The molecule has 0 saturated carbocycles. The zero-order valence-corrected chi connectivity index (χ0v) is 29.0. The molecule has 2 atom stereocenters. The Hall–Kier alpha value is -4.34. The van der Waals surface area contributed by atoms with Crippen LogP contribution < -0.4 is 14.4 Å². The zero-order valence-electron chi connectivity index (χ0n) is 27.4. The summed E-state index contributed by atoms with van der Waals surface area (Å²) in [4.78, 5) is 30.1. The second kappa shape index (κ2) is 16.0. The molecule has 0 unspecified atom stereocenters. The van der Waals surface area contributed by atoms with Gasteiger partial charge < -0.3 is 15.0 Å². The highest BCUT2D eigenvalue weighted by Gasteiger charge is 2.35. The third-order valence-electron chi connectivity index (χ3n) is 8.02. The topological polar surface area (TPSA) is 96.0 Å². The summed E-state index contributed by atoms with van der Waals surface area (Å²) in [5.74, 6) is -0.501. The van der Waals surface area contributed by atoms with Crippen molar-refractivity contribution in [3.05, 3.63) is 124 Å². The Morgan fingerprint density at radius 2 is 1.55 bits per heavy atom. The van der Waals surface area contributed by atoms with Crippen LogP contribution in [0.4, 0.5) is 5.69 Å². The van der Waals surface area contributed by atoms with Gasteiger partial charge in [0.25, 0.3) is 10.0 Å². The molecule has 47 heavy (non-hydrogen) atoms. The zero-order chi connectivity index (χ0) is 34.1. The van der Waals surface area contributed by atoms with Crippen molar-refractivity contribution < 1.29 is 22.7 Å². The van der Waals surface area contributed by atoms with Crippen molar-refractivity contribution >= 4 is 39.1 Å². The fourth-order valence-electron chi connectivity index (χ4n) is 5.18. The Morgan fingerprint density at radius 3 is 2.17 bits per heavy atom. The number of aryl methyl sites for hydroxylation is 2. The van der Waals surface area contributed by atoms with Gasteiger partial charge in [-0.25, -0.2) is 8.42 Å². The minimum Gasteiger partial charge on any atom is -0.495 e.